The summed E-state index contributed by atoms with van der Waals surface area (Å²) in [6, 6.07) is 16.1. The number of fused-ring (bicyclic) bond motifs is 1. The molecule has 4 aromatic rings. The van der Waals surface area contributed by atoms with Gasteiger partial charge in [-0.3, -0.25) is 4.40 Å². The molecule has 0 amide bonds. The van der Waals surface area contributed by atoms with E-state index in [1.54, 1.807) is 0 Å². The highest BCUT2D eigenvalue weighted by atomic mass is 16.5. The first-order valence-electron chi connectivity index (χ1n) is 9.87. The van der Waals surface area contributed by atoms with Crippen LogP contribution in [0.15, 0.2) is 67.1 Å². The van der Waals surface area contributed by atoms with Crippen molar-refractivity contribution < 1.29 is 9.47 Å². The Hall–Kier alpha value is -3.34. The average molecular weight is 387 g/mol. The molecular formula is C24H25N3O2. The molecule has 0 aliphatic carbocycles. The van der Waals surface area contributed by atoms with Crippen LogP contribution in [0.1, 0.15) is 27.7 Å². The fraction of sp³-hybridized carbons (Fsp3) is 0.250. The van der Waals surface area contributed by atoms with Crippen LogP contribution in [0.5, 0.6) is 11.5 Å². The maximum absolute atomic E-state index is 5.74. The van der Waals surface area contributed by atoms with E-state index in [9.17, 15) is 0 Å². The van der Waals surface area contributed by atoms with Crippen molar-refractivity contribution in [2.75, 3.05) is 0 Å². The summed E-state index contributed by atoms with van der Waals surface area (Å²) in [5, 5.41) is 0. The zero-order valence-corrected chi connectivity index (χ0v) is 17.2. The highest BCUT2D eigenvalue weighted by molar-refractivity contribution is 5.67. The maximum atomic E-state index is 5.74. The lowest BCUT2D eigenvalue weighted by Gasteiger charge is -2.11. The number of imidazole rings is 1. The summed E-state index contributed by atoms with van der Waals surface area (Å²) in [5.74, 6) is 2.40. The van der Waals surface area contributed by atoms with Crippen molar-refractivity contribution in [3.8, 4) is 33.9 Å². The third-order valence-corrected chi connectivity index (χ3v) is 4.45. The highest BCUT2D eigenvalue weighted by Gasteiger charge is 2.10. The summed E-state index contributed by atoms with van der Waals surface area (Å²) in [7, 11) is 0. The lowest BCUT2D eigenvalue weighted by atomic mass is 10.1. The standard InChI is InChI=1S/C24H25N3O2/c1-16(2)28-21-9-5-18(6-10-21)20-13-25-24-26-14-23(27(24)15-20)19-7-11-22(12-8-19)29-17(3)4/h5-17H,1-4H3. The molecule has 0 radical (unpaired) electrons. The molecule has 0 fully saturated rings. The molecule has 2 heterocycles. The van der Waals surface area contributed by atoms with E-state index in [0.717, 1.165) is 33.9 Å². The molecule has 0 aliphatic rings. The van der Waals surface area contributed by atoms with Crippen LogP contribution in [-0.2, 0) is 0 Å². The fourth-order valence-corrected chi connectivity index (χ4v) is 3.21. The molecule has 2 aromatic carbocycles. The van der Waals surface area contributed by atoms with Crippen LogP contribution in [0.3, 0.4) is 0 Å². The van der Waals surface area contributed by atoms with Crippen molar-refractivity contribution in [2.24, 2.45) is 0 Å². The molecule has 0 saturated carbocycles. The highest BCUT2D eigenvalue weighted by Crippen LogP contribution is 2.27. The minimum absolute atomic E-state index is 0.153. The van der Waals surface area contributed by atoms with Crippen LogP contribution in [0, 0.1) is 0 Å². The minimum Gasteiger partial charge on any atom is -0.491 e. The summed E-state index contributed by atoms with van der Waals surface area (Å²) in [4.78, 5) is 8.98. The fourth-order valence-electron chi connectivity index (χ4n) is 3.21. The minimum atomic E-state index is 0.153. The van der Waals surface area contributed by atoms with E-state index in [4.69, 9.17) is 9.47 Å². The van der Waals surface area contributed by atoms with Crippen LogP contribution in [0.2, 0.25) is 0 Å². The van der Waals surface area contributed by atoms with Gasteiger partial charge in [-0.2, -0.15) is 0 Å². The first-order chi connectivity index (χ1) is 14.0. The number of aromatic nitrogens is 3. The molecule has 0 saturated heterocycles. The van der Waals surface area contributed by atoms with Crippen molar-refractivity contribution >= 4 is 5.78 Å². The van der Waals surface area contributed by atoms with Crippen LogP contribution in [0.4, 0.5) is 0 Å². The Morgan fingerprint density at radius 2 is 1.17 bits per heavy atom. The smallest absolute Gasteiger partial charge is 0.234 e. The van der Waals surface area contributed by atoms with Crippen molar-refractivity contribution in [2.45, 2.75) is 39.9 Å². The van der Waals surface area contributed by atoms with Gasteiger partial charge in [0.2, 0.25) is 5.78 Å². The van der Waals surface area contributed by atoms with Gasteiger partial charge in [0.1, 0.15) is 11.5 Å². The van der Waals surface area contributed by atoms with Gasteiger partial charge in [0.25, 0.3) is 0 Å². The van der Waals surface area contributed by atoms with E-state index in [0.29, 0.717) is 5.78 Å². The molecule has 0 bridgehead atoms. The van der Waals surface area contributed by atoms with Crippen LogP contribution < -0.4 is 9.47 Å². The number of benzene rings is 2. The van der Waals surface area contributed by atoms with Crippen molar-refractivity contribution in [3.63, 3.8) is 0 Å². The molecule has 0 N–H and O–H groups in total. The van der Waals surface area contributed by atoms with Gasteiger partial charge in [-0.25, -0.2) is 9.97 Å². The quantitative estimate of drug-likeness (QED) is 0.430. The topological polar surface area (TPSA) is 48.7 Å². The maximum Gasteiger partial charge on any atom is 0.234 e. The van der Waals surface area contributed by atoms with Gasteiger partial charge in [0.05, 0.1) is 24.1 Å². The molecule has 0 aliphatic heterocycles. The Morgan fingerprint density at radius 1 is 0.655 bits per heavy atom. The van der Waals surface area contributed by atoms with Gasteiger partial charge in [-0.1, -0.05) is 12.1 Å². The third kappa shape index (κ3) is 4.24. The van der Waals surface area contributed by atoms with Gasteiger partial charge in [0.15, 0.2) is 0 Å². The van der Waals surface area contributed by atoms with E-state index in [1.807, 2.05) is 80.9 Å². The second-order valence-electron chi connectivity index (χ2n) is 7.54. The largest absolute Gasteiger partial charge is 0.491 e. The molecule has 0 unspecified atom stereocenters. The molecule has 0 spiro atoms. The van der Waals surface area contributed by atoms with Crippen LogP contribution in [-0.4, -0.2) is 26.6 Å². The van der Waals surface area contributed by atoms with Gasteiger partial charge in [-0.15, -0.1) is 0 Å². The van der Waals surface area contributed by atoms with Gasteiger partial charge < -0.3 is 9.47 Å². The van der Waals surface area contributed by atoms with Crippen molar-refractivity contribution in [1.82, 2.24) is 14.4 Å². The van der Waals surface area contributed by atoms with Crippen molar-refractivity contribution in [3.05, 3.63) is 67.1 Å². The first kappa shape index (κ1) is 19.0. The van der Waals surface area contributed by atoms with E-state index in [1.165, 1.54) is 0 Å². The zero-order chi connectivity index (χ0) is 20.4. The number of ether oxygens (including phenoxy) is 2. The summed E-state index contributed by atoms with van der Waals surface area (Å²) in [6.45, 7) is 8.09. The number of rotatable bonds is 6. The lowest BCUT2D eigenvalue weighted by Crippen LogP contribution is -2.05. The SMILES string of the molecule is CC(C)Oc1ccc(-c2cnc3ncc(-c4ccc(OC(C)C)cc4)n3c2)cc1. The molecule has 4 rings (SSSR count). The monoisotopic (exact) mass is 387 g/mol. The molecule has 148 valence electrons. The number of hydrogen-bond acceptors (Lipinski definition) is 4. The summed E-state index contributed by atoms with van der Waals surface area (Å²) in [6.07, 6.45) is 6.08. The van der Waals surface area contributed by atoms with Gasteiger partial charge >= 0.3 is 0 Å². The molecule has 5 nitrogen and oxygen atoms in total. The third-order valence-electron chi connectivity index (χ3n) is 4.45. The Bertz CT molecular complexity index is 1100. The van der Waals surface area contributed by atoms with E-state index in [2.05, 4.69) is 28.3 Å². The van der Waals surface area contributed by atoms with Gasteiger partial charge in [0, 0.05) is 23.5 Å². The lowest BCUT2D eigenvalue weighted by molar-refractivity contribution is 0.242. The summed E-state index contributed by atoms with van der Waals surface area (Å²) >= 11 is 0. The zero-order valence-electron chi connectivity index (χ0n) is 17.2. The number of hydrogen-bond donors (Lipinski definition) is 0. The Morgan fingerprint density at radius 3 is 1.72 bits per heavy atom. The second-order valence-corrected chi connectivity index (χ2v) is 7.54. The molecule has 5 heteroatoms. The van der Waals surface area contributed by atoms with Gasteiger partial charge in [-0.05, 0) is 69.7 Å². The normalized spacial score (nSPS) is 11.4. The van der Waals surface area contributed by atoms with E-state index in [-0.39, 0.29) is 12.2 Å². The molecule has 29 heavy (non-hydrogen) atoms. The Labute approximate surface area is 171 Å². The van der Waals surface area contributed by atoms with E-state index >= 15 is 0 Å². The molecule has 0 atom stereocenters. The molecular weight excluding hydrogens is 362 g/mol. The Balaban J connectivity index is 1.66. The van der Waals surface area contributed by atoms with E-state index < -0.39 is 0 Å². The number of nitrogens with zero attached hydrogens (tertiary/aromatic N) is 3. The predicted octanol–water partition coefficient (Wildman–Crippen LogP) is 5.64. The van der Waals surface area contributed by atoms with Crippen LogP contribution >= 0.6 is 0 Å². The summed E-state index contributed by atoms with van der Waals surface area (Å²) < 4.78 is 13.5. The Kier molecular flexibility index (Phi) is 5.21. The van der Waals surface area contributed by atoms with Crippen molar-refractivity contribution in [1.29, 1.82) is 0 Å². The first-order valence-corrected chi connectivity index (χ1v) is 9.87. The van der Waals surface area contributed by atoms with Crippen LogP contribution in [0.25, 0.3) is 28.2 Å². The molecule has 2 aromatic heterocycles. The average Bonchev–Trinajstić information content (AvgIpc) is 3.11. The predicted molar refractivity (Wildman–Crippen MR) is 115 cm³/mol. The summed E-state index contributed by atoms with van der Waals surface area (Å²) in [5.41, 5.74) is 4.15. The second kappa shape index (κ2) is 7.95.